The highest BCUT2D eigenvalue weighted by Gasteiger charge is 2.10. The normalized spacial score (nSPS) is 12.4. The molecule has 4 heteroatoms. The molecule has 0 aliphatic heterocycles. The Bertz CT molecular complexity index is 340. The van der Waals surface area contributed by atoms with Crippen LogP contribution in [0.2, 0.25) is 0 Å². The van der Waals surface area contributed by atoms with Crippen LogP contribution in [0.1, 0.15) is 45.3 Å². The first-order chi connectivity index (χ1) is 9.26. The highest BCUT2D eigenvalue weighted by molar-refractivity contribution is 5.44. The van der Waals surface area contributed by atoms with Gasteiger partial charge in [-0.3, -0.25) is 4.98 Å². The summed E-state index contributed by atoms with van der Waals surface area (Å²) < 4.78 is 0. The SMILES string of the molecule is CCNC(CC)c1ccc(N(CC)CCCO)cn1. The van der Waals surface area contributed by atoms with Gasteiger partial charge in [0.25, 0.3) is 0 Å². The van der Waals surface area contributed by atoms with E-state index in [9.17, 15) is 0 Å². The fraction of sp³-hybridized carbons (Fsp3) is 0.667. The molecular formula is C15H27N3O. The Hall–Kier alpha value is -1.13. The van der Waals surface area contributed by atoms with Gasteiger partial charge in [0.05, 0.1) is 17.6 Å². The van der Waals surface area contributed by atoms with Crippen LogP contribution in [0.25, 0.3) is 0 Å². The Balaban J connectivity index is 2.73. The van der Waals surface area contributed by atoms with Gasteiger partial charge in [0.2, 0.25) is 0 Å². The van der Waals surface area contributed by atoms with Gasteiger partial charge in [0.1, 0.15) is 0 Å². The second-order valence-electron chi connectivity index (χ2n) is 4.62. The van der Waals surface area contributed by atoms with E-state index in [2.05, 4.69) is 48.1 Å². The van der Waals surface area contributed by atoms with Crippen molar-refractivity contribution in [2.75, 3.05) is 31.1 Å². The van der Waals surface area contributed by atoms with Crippen LogP contribution in [-0.2, 0) is 0 Å². The van der Waals surface area contributed by atoms with E-state index < -0.39 is 0 Å². The summed E-state index contributed by atoms with van der Waals surface area (Å²) in [7, 11) is 0. The smallest absolute Gasteiger partial charge is 0.0574 e. The number of pyridine rings is 1. The summed E-state index contributed by atoms with van der Waals surface area (Å²) >= 11 is 0. The topological polar surface area (TPSA) is 48.4 Å². The average Bonchev–Trinajstić information content (AvgIpc) is 2.46. The molecule has 1 atom stereocenters. The van der Waals surface area contributed by atoms with Crippen molar-refractivity contribution in [2.24, 2.45) is 0 Å². The van der Waals surface area contributed by atoms with Crippen molar-refractivity contribution in [3.05, 3.63) is 24.0 Å². The van der Waals surface area contributed by atoms with Gasteiger partial charge in [-0.05, 0) is 38.4 Å². The summed E-state index contributed by atoms with van der Waals surface area (Å²) in [5.41, 5.74) is 2.23. The summed E-state index contributed by atoms with van der Waals surface area (Å²) in [6.07, 6.45) is 3.78. The molecule has 0 spiro atoms. The molecule has 0 saturated carbocycles. The predicted molar refractivity (Wildman–Crippen MR) is 80.5 cm³/mol. The minimum absolute atomic E-state index is 0.236. The molecular weight excluding hydrogens is 238 g/mol. The maximum atomic E-state index is 8.91. The van der Waals surface area contributed by atoms with Crippen molar-refractivity contribution < 1.29 is 5.11 Å². The number of anilines is 1. The highest BCUT2D eigenvalue weighted by atomic mass is 16.3. The molecule has 1 unspecified atom stereocenters. The standard InChI is InChI=1S/C15H27N3O/c1-4-14(16-5-2)15-9-8-13(12-17-15)18(6-3)10-7-11-19/h8-9,12,14,16,19H,4-7,10-11H2,1-3H3. The lowest BCUT2D eigenvalue weighted by Gasteiger charge is -2.23. The molecule has 108 valence electrons. The van der Waals surface area contributed by atoms with Crippen LogP contribution in [-0.4, -0.2) is 36.3 Å². The van der Waals surface area contributed by atoms with Crippen molar-refractivity contribution in [3.8, 4) is 0 Å². The van der Waals surface area contributed by atoms with Gasteiger partial charge in [-0.2, -0.15) is 0 Å². The summed E-state index contributed by atoms with van der Waals surface area (Å²) in [4.78, 5) is 6.82. The number of aliphatic hydroxyl groups excluding tert-OH is 1. The first kappa shape index (κ1) is 15.9. The quantitative estimate of drug-likeness (QED) is 0.719. The van der Waals surface area contributed by atoms with E-state index in [1.807, 2.05) is 6.20 Å². The first-order valence-corrected chi connectivity index (χ1v) is 7.31. The summed E-state index contributed by atoms with van der Waals surface area (Å²) in [5, 5.41) is 12.4. The van der Waals surface area contributed by atoms with Crippen LogP contribution in [0.5, 0.6) is 0 Å². The Kier molecular flexibility index (Phi) is 7.45. The fourth-order valence-electron chi connectivity index (χ4n) is 2.23. The lowest BCUT2D eigenvalue weighted by atomic mass is 10.1. The van der Waals surface area contributed by atoms with Crippen molar-refractivity contribution in [1.29, 1.82) is 0 Å². The Morgan fingerprint density at radius 3 is 2.58 bits per heavy atom. The number of rotatable bonds is 9. The molecule has 4 nitrogen and oxygen atoms in total. The van der Waals surface area contributed by atoms with E-state index in [0.717, 1.165) is 43.9 Å². The third-order valence-electron chi connectivity index (χ3n) is 3.32. The lowest BCUT2D eigenvalue weighted by Crippen LogP contribution is -2.25. The molecule has 0 aromatic carbocycles. The van der Waals surface area contributed by atoms with Crippen molar-refractivity contribution in [2.45, 2.75) is 39.7 Å². The molecule has 2 N–H and O–H groups in total. The predicted octanol–water partition coefficient (Wildman–Crippen LogP) is 2.35. The summed E-state index contributed by atoms with van der Waals surface area (Å²) in [5.74, 6) is 0. The second kappa shape index (κ2) is 8.88. The number of hydrogen-bond donors (Lipinski definition) is 2. The molecule has 0 radical (unpaired) electrons. The molecule has 19 heavy (non-hydrogen) atoms. The zero-order chi connectivity index (χ0) is 14.1. The minimum Gasteiger partial charge on any atom is -0.396 e. The number of hydrogen-bond acceptors (Lipinski definition) is 4. The monoisotopic (exact) mass is 265 g/mol. The van der Waals surface area contributed by atoms with E-state index in [1.165, 1.54) is 0 Å². The van der Waals surface area contributed by atoms with Gasteiger partial charge in [-0.1, -0.05) is 13.8 Å². The van der Waals surface area contributed by atoms with E-state index in [0.29, 0.717) is 6.04 Å². The van der Waals surface area contributed by atoms with Crippen LogP contribution >= 0.6 is 0 Å². The van der Waals surface area contributed by atoms with E-state index >= 15 is 0 Å². The van der Waals surface area contributed by atoms with Gasteiger partial charge in [-0.15, -0.1) is 0 Å². The van der Waals surface area contributed by atoms with Gasteiger partial charge in [0, 0.05) is 25.7 Å². The number of aromatic nitrogens is 1. The molecule has 0 bridgehead atoms. The van der Waals surface area contributed by atoms with Crippen molar-refractivity contribution in [1.82, 2.24) is 10.3 Å². The summed E-state index contributed by atoms with van der Waals surface area (Å²) in [6, 6.07) is 4.57. The van der Waals surface area contributed by atoms with E-state index in [1.54, 1.807) is 0 Å². The average molecular weight is 265 g/mol. The number of nitrogens with one attached hydrogen (secondary N) is 1. The zero-order valence-electron chi connectivity index (χ0n) is 12.4. The van der Waals surface area contributed by atoms with Crippen LogP contribution in [0, 0.1) is 0 Å². The highest BCUT2D eigenvalue weighted by Crippen LogP contribution is 2.18. The molecule has 1 heterocycles. The van der Waals surface area contributed by atoms with Gasteiger partial charge in [0.15, 0.2) is 0 Å². The molecule has 1 rings (SSSR count). The van der Waals surface area contributed by atoms with Gasteiger partial charge >= 0.3 is 0 Å². The number of aliphatic hydroxyl groups is 1. The molecule has 1 aromatic rings. The van der Waals surface area contributed by atoms with E-state index in [-0.39, 0.29) is 6.61 Å². The molecule has 0 aliphatic carbocycles. The van der Waals surface area contributed by atoms with Gasteiger partial charge in [-0.25, -0.2) is 0 Å². The lowest BCUT2D eigenvalue weighted by molar-refractivity contribution is 0.289. The van der Waals surface area contributed by atoms with E-state index in [4.69, 9.17) is 5.11 Å². The van der Waals surface area contributed by atoms with Crippen molar-refractivity contribution in [3.63, 3.8) is 0 Å². The Morgan fingerprint density at radius 2 is 2.11 bits per heavy atom. The van der Waals surface area contributed by atoms with Gasteiger partial charge < -0.3 is 15.3 Å². The van der Waals surface area contributed by atoms with Crippen LogP contribution < -0.4 is 10.2 Å². The molecule has 0 aliphatic rings. The molecule has 0 amide bonds. The second-order valence-corrected chi connectivity index (χ2v) is 4.62. The molecule has 1 aromatic heterocycles. The maximum Gasteiger partial charge on any atom is 0.0574 e. The Labute approximate surface area is 116 Å². The van der Waals surface area contributed by atoms with Crippen molar-refractivity contribution >= 4 is 5.69 Å². The van der Waals surface area contributed by atoms with Crippen LogP contribution in [0.15, 0.2) is 18.3 Å². The fourth-order valence-corrected chi connectivity index (χ4v) is 2.23. The Morgan fingerprint density at radius 1 is 1.32 bits per heavy atom. The minimum atomic E-state index is 0.236. The number of nitrogens with zero attached hydrogens (tertiary/aromatic N) is 2. The third-order valence-corrected chi connectivity index (χ3v) is 3.32. The zero-order valence-corrected chi connectivity index (χ0v) is 12.4. The van der Waals surface area contributed by atoms with Crippen LogP contribution in [0.4, 0.5) is 5.69 Å². The maximum absolute atomic E-state index is 8.91. The largest absolute Gasteiger partial charge is 0.396 e. The third kappa shape index (κ3) is 4.80. The molecule has 0 saturated heterocycles. The first-order valence-electron chi connectivity index (χ1n) is 7.31. The summed E-state index contributed by atoms with van der Waals surface area (Å²) in [6.45, 7) is 9.41. The van der Waals surface area contributed by atoms with Crippen LogP contribution in [0.3, 0.4) is 0 Å². The molecule has 0 fully saturated rings.